The second-order valence-corrected chi connectivity index (χ2v) is 4.14. The first-order valence-corrected chi connectivity index (χ1v) is 5.05. The minimum absolute atomic E-state index is 0.172. The number of hydroxylamine groups is 2. The van der Waals surface area contributed by atoms with Gasteiger partial charge >= 0.3 is 12.0 Å². The van der Waals surface area contributed by atoms with Gasteiger partial charge in [0.1, 0.15) is 6.04 Å². The summed E-state index contributed by atoms with van der Waals surface area (Å²) in [6, 6.07) is -2.29. The van der Waals surface area contributed by atoms with Crippen LogP contribution in [-0.4, -0.2) is 48.6 Å². The van der Waals surface area contributed by atoms with Crippen LogP contribution in [0.4, 0.5) is 4.79 Å². The predicted molar refractivity (Wildman–Crippen MR) is 52.1 cm³/mol. The molecule has 0 unspecified atom stereocenters. The summed E-state index contributed by atoms with van der Waals surface area (Å²) >= 11 is 0. The number of carbonyl (C=O) groups is 2. The van der Waals surface area contributed by atoms with E-state index in [1.807, 2.05) is 0 Å². The van der Waals surface area contributed by atoms with Gasteiger partial charge in [-0.3, -0.25) is 9.89 Å². The van der Waals surface area contributed by atoms with Crippen LogP contribution < -0.4 is 0 Å². The minimum atomic E-state index is -1.13. The highest BCUT2D eigenvalue weighted by Crippen LogP contribution is 2.42. The largest absolute Gasteiger partial charge is 0.479 e. The molecule has 2 bridgehead atoms. The summed E-state index contributed by atoms with van der Waals surface area (Å²) in [5.41, 5.74) is 1.03. The number of aliphatic carboxylic acids is 1. The summed E-state index contributed by atoms with van der Waals surface area (Å²) in [6.07, 6.45) is 1.50. The second kappa shape index (κ2) is 2.98. The van der Waals surface area contributed by atoms with Crippen LogP contribution in [0.25, 0.3) is 0 Å². The van der Waals surface area contributed by atoms with Crippen molar-refractivity contribution in [2.24, 2.45) is 7.05 Å². The molecule has 0 spiro atoms. The van der Waals surface area contributed by atoms with Crippen molar-refractivity contribution in [3.8, 4) is 0 Å². The molecule has 8 nitrogen and oxygen atoms in total. The van der Waals surface area contributed by atoms with Gasteiger partial charge in [0.25, 0.3) is 0 Å². The van der Waals surface area contributed by atoms with Crippen LogP contribution >= 0.6 is 0 Å². The number of rotatable bonds is 1. The van der Waals surface area contributed by atoms with Gasteiger partial charge in [0, 0.05) is 12.6 Å². The molecule has 2 aliphatic rings. The third-order valence-corrected chi connectivity index (χ3v) is 3.28. The quantitative estimate of drug-likeness (QED) is 0.656. The van der Waals surface area contributed by atoms with Gasteiger partial charge in [-0.05, 0) is 0 Å². The van der Waals surface area contributed by atoms with Crippen LogP contribution in [0.1, 0.15) is 23.3 Å². The van der Waals surface area contributed by atoms with E-state index in [1.165, 1.54) is 10.9 Å². The first kappa shape index (κ1) is 10.1. The lowest BCUT2D eigenvalue weighted by atomic mass is 9.98. The molecule has 3 rings (SSSR count). The third kappa shape index (κ3) is 1.07. The van der Waals surface area contributed by atoms with Gasteiger partial charge in [-0.15, -0.1) is 0 Å². The number of carbonyl (C=O) groups excluding carboxylic acids is 1. The van der Waals surface area contributed by atoms with Crippen molar-refractivity contribution in [1.29, 1.82) is 0 Å². The maximum absolute atomic E-state index is 11.7. The van der Waals surface area contributed by atoms with Crippen LogP contribution in [0.3, 0.4) is 0 Å². The molecule has 2 N–H and O–H groups in total. The fourth-order valence-corrected chi connectivity index (χ4v) is 2.51. The molecule has 0 aromatic carbocycles. The van der Waals surface area contributed by atoms with Crippen LogP contribution in [0, 0.1) is 0 Å². The van der Waals surface area contributed by atoms with E-state index in [0.717, 1.165) is 4.90 Å². The van der Waals surface area contributed by atoms with E-state index in [4.69, 9.17) is 0 Å². The molecule has 3 heterocycles. The van der Waals surface area contributed by atoms with Gasteiger partial charge in [-0.1, -0.05) is 0 Å². The zero-order valence-corrected chi connectivity index (χ0v) is 8.94. The van der Waals surface area contributed by atoms with Gasteiger partial charge < -0.3 is 10.0 Å². The molecular formula is C9H10N4O4. The number of fused-ring (bicyclic) bond motifs is 4. The van der Waals surface area contributed by atoms with E-state index in [0.29, 0.717) is 16.3 Å². The predicted octanol–water partition coefficient (Wildman–Crippen LogP) is -0.273. The molecule has 0 saturated carbocycles. The SMILES string of the molecule is Cn1ncc2c1[C@@H](C(=O)O)N1C[C@@H]2N(O)C1=O. The number of carboxylic acid groups (broad SMARTS) is 1. The Labute approximate surface area is 95.6 Å². The standard InChI is InChI=1S/C9H10N4O4/c1-11-6-4(2-10-11)5-3-12(7(6)8(14)15)9(16)13(5)17/h2,5,7,17H,3H2,1H3,(H,14,15)/t5-,7-/m0/s1. The number of urea groups is 1. The molecule has 90 valence electrons. The Bertz CT molecular complexity index is 525. The number of nitrogens with zero attached hydrogens (tertiary/aromatic N) is 4. The Morgan fingerprint density at radius 2 is 2.29 bits per heavy atom. The molecular weight excluding hydrogens is 228 g/mol. The Morgan fingerprint density at radius 1 is 1.59 bits per heavy atom. The summed E-state index contributed by atoms with van der Waals surface area (Å²) in [5, 5.41) is 23.4. The van der Waals surface area contributed by atoms with Crippen LogP contribution in [0.5, 0.6) is 0 Å². The van der Waals surface area contributed by atoms with E-state index >= 15 is 0 Å². The summed E-state index contributed by atoms with van der Waals surface area (Å²) in [5.74, 6) is -1.13. The highest BCUT2D eigenvalue weighted by Gasteiger charge is 2.51. The number of aryl methyl sites for hydroxylation is 1. The van der Waals surface area contributed by atoms with E-state index in [-0.39, 0.29) is 6.54 Å². The molecule has 8 heteroatoms. The van der Waals surface area contributed by atoms with Crippen molar-refractivity contribution in [3.05, 3.63) is 17.5 Å². The van der Waals surface area contributed by atoms with Gasteiger partial charge in [-0.2, -0.15) is 10.2 Å². The molecule has 0 radical (unpaired) electrons. The first-order chi connectivity index (χ1) is 8.02. The number of aromatic nitrogens is 2. The lowest BCUT2D eigenvalue weighted by molar-refractivity contribution is -0.142. The number of amides is 2. The van der Waals surface area contributed by atoms with Gasteiger partial charge in [0.15, 0.2) is 6.04 Å². The molecule has 2 aliphatic heterocycles. The number of hydrogen-bond donors (Lipinski definition) is 2. The van der Waals surface area contributed by atoms with Gasteiger partial charge in [0.2, 0.25) is 0 Å². The molecule has 2 atom stereocenters. The fraction of sp³-hybridized carbons (Fsp3) is 0.444. The fourth-order valence-electron chi connectivity index (χ4n) is 2.51. The smallest absolute Gasteiger partial charge is 0.345 e. The van der Waals surface area contributed by atoms with E-state index in [9.17, 15) is 19.9 Å². The van der Waals surface area contributed by atoms with E-state index < -0.39 is 24.1 Å². The van der Waals surface area contributed by atoms with Crippen LogP contribution in [-0.2, 0) is 11.8 Å². The maximum Gasteiger partial charge on any atom is 0.345 e. The summed E-state index contributed by atoms with van der Waals surface area (Å²) < 4.78 is 1.43. The lowest BCUT2D eigenvalue weighted by Gasteiger charge is -2.27. The zero-order valence-electron chi connectivity index (χ0n) is 8.94. The molecule has 1 saturated heterocycles. The zero-order chi connectivity index (χ0) is 12.3. The van der Waals surface area contributed by atoms with Crippen LogP contribution in [0.2, 0.25) is 0 Å². The average Bonchev–Trinajstić information content (AvgIpc) is 2.76. The van der Waals surface area contributed by atoms with Crippen LogP contribution in [0.15, 0.2) is 6.20 Å². The normalized spacial score (nSPS) is 26.4. The number of hydrogen-bond acceptors (Lipinski definition) is 4. The minimum Gasteiger partial charge on any atom is -0.479 e. The summed E-state index contributed by atoms with van der Waals surface area (Å²) in [7, 11) is 1.62. The third-order valence-electron chi connectivity index (χ3n) is 3.28. The van der Waals surface area contributed by atoms with Gasteiger partial charge in [0.05, 0.1) is 18.4 Å². The molecule has 1 aromatic heterocycles. The first-order valence-electron chi connectivity index (χ1n) is 5.05. The molecule has 2 amide bonds. The molecule has 1 aromatic rings. The Hall–Kier alpha value is -2.09. The second-order valence-electron chi connectivity index (χ2n) is 4.14. The highest BCUT2D eigenvalue weighted by molar-refractivity contribution is 5.86. The molecule has 0 aliphatic carbocycles. The Balaban J connectivity index is 2.22. The van der Waals surface area contributed by atoms with Crippen molar-refractivity contribution in [1.82, 2.24) is 19.7 Å². The maximum atomic E-state index is 11.7. The Morgan fingerprint density at radius 3 is 2.94 bits per heavy atom. The van der Waals surface area contributed by atoms with Crippen molar-refractivity contribution >= 4 is 12.0 Å². The van der Waals surface area contributed by atoms with Gasteiger partial charge in [-0.25, -0.2) is 9.59 Å². The molecule has 1 fully saturated rings. The van der Waals surface area contributed by atoms with Crippen molar-refractivity contribution in [2.75, 3.05) is 6.54 Å². The van der Waals surface area contributed by atoms with Crippen molar-refractivity contribution in [3.63, 3.8) is 0 Å². The van der Waals surface area contributed by atoms with Crippen molar-refractivity contribution in [2.45, 2.75) is 12.1 Å². The highest BCUT2D eigenvalue weighted by atomic mass is 16.5. The summed E-state index contributed by atoms with van der Waals surface area (Å²) in [6.45, 7) is 0.172. The molecule has 17 heavy (non-hydrogen) atoms. The van der Waals surface area contributed by atoms with E-state index in [1.54, 1.807) is 7.05 Å². The monoisotopic (exact) mass is 238 g/mol. The van der Waals surface area contributed by atoms with E-state index in [2.05, 4.69) is 5.10 Å². The van der Waals surface area contributed by atoms with Crippen molar-refractivity contribution < 1.29 is 19.9 Å². The Kier molecular flexibility index (Phi) is 1.77. The summed E-state index contributed by atoms with van der Waals surface area (Å²) in [4.78, 5) is 24.1. The lowest BCUT2D eigenvalue weighted by Crippen LogP contribution is -2.39. The topological polar surface area (TPSA) is 98.9 Å². The number of carboxylic acids is 1. The average molecular weight is 238 g/mol.